The van der Waals surface area contributed by atoms with E-state index in [2.05, 4.69) is 0 Å². The van der Waals surface area contributed by atoms with Crippen molar-refractivity contribution in [1.29, 1.82) is 0 Å². The molecule has 2 nitrogen and oxygen atoms in total. The summed E-state index contributed by atoms with van der Waals surface area (Å²) < 4.78 is 39.0. The van der Waals surface area contributed by atoms with E-state index in [4.69, 9.17) is 34.8 Å². The number of hydrogen-bond donors (Lipinski definition) is 1. The normalized spacial score (nSPS) is 11.7. The molecule has 20 heavy (non-hydrogen) atoms. The zero-order chi connectivity index (χ0) is 15.1. The van der Waals surface area contributed by atoms with Crippen molar-refractivity contribution < 1.29 is 13.2 Å². The first kappa shape index (κ1) is 15.2. The Balaban J connectivity index is 2.82. The van der Waals surface area contributed by atoms with E-state index in [0.29, 0.717) is 0 Å². The second-order valence-electron chi connectivity index (χ2n) is 3.82. The molecule has 1 aromatic carbocycles. The summed E-state index contributed by atoms with van der Waals surface area (Å²) in [5.41, 5.74) is -2.96. The minimum Gasteiger partial charge on any atom is -0.329 e. The average Bonchev–Trinajstić information content (AvgIpc) is 2.34. The van der Waals surface area contributed by atoms with E-state index in [0.717, 1.165) is 12.3 Å². The van der Waals surface area contributed by atoms with Crippen LogP contribution in [0.3, 0.4) is 0 Å². The molecule has 0 aliphatic carbocycles. The monoisotopic (exact) mass is 341 g/mol. The SMILES string of the molecule is O=c1[nH]ccc(-c2ccc(Cl)c(Cl)c2Cl)c1C(F)(F)F. The van der Waals surface area contributed by atoms with Gasteiger partial charge in [-0.05, 0) is 12.1 Å². The third-order valence-electron chi connectivity index (χ3n) is 2.57. The van der Waals surface area contributed by atoms with Gasteiger partial charge in [0.15, 0.2) is 0 Å². The summed E-state index contributed by atoms with van der Waals surface area (Å²) in [4.78, 5) is 13.4. The van der Waals surface area contributed by atoms with Gasteiger partial charge in [-0.3, -0.25) is 4.79 Å². The van der Waals surface area contributed by atoms with E-state index in [1.54, 1.807) is 0 Å². The first-order valence-electron chi connectivity index (χ1n) is 5.16. The summed E-state index contributed by atoms with van der Waals surface area (Å²) >= 11 is 17.4. The van der Waals surface area contributed by atoms with Gasteiger partial charge in [0.1, 0.15) is 5.56 Å². The van der Waals surface area contributed by atoms with E-state index >= 15 is 0 Å². The van der Waals surface area contributed by atoms with Crippen LogP contribution in [0.25, 0.3) is 11.1 Å². The molecule has 0 spiro atoms. The summed E-state index contributed by atoms with van der Waals surface area (Å²) in [5, 5.41) is -0.103. The number of alkyl halides is 3. The molecule has 0 aliphatic rings. The van der Waals surface area contributed by atoms with Gasteiger partial charge in [0, 0.05) is 17.3 Å². The number of nitrogens with one attached hydrogen (secondary N) is 1. The molecule has 0 saturated heterocycles. The van der Waals surface area contributed by atoms with Crippen LogP contribution in [0.1, 0.15) is 5.56 Å². The standard InChI is InChI=1S/C12H5Cl3F3NO/c13-7-2-1-6(9(14)10(7)15)5-3-4-19-11(20)8(5)12(16,17)18/h1-4H,(H,19,20). The molecule has 2 rings (SSSR count). The van der Waals surface area contributed by atoms with Crippen molar-refractivity contribution in [2.45, 2.75) is 6.18 Å². The molecular formula is C12H5Cl3F3NO. The predicted octanol–water partition coefficient (Wildman–Crippen LogP) is 5.02. The summed E-state index contributed by atoms with van der Waals surface area (Å²) in [6.07, 6.45) is -3.72. The lowest BCUT2D eigenvalue weighted by Gasteiger charge is -2.13. The zero-order valence-electron chi connectivity index (χ0n) is 9.49. The molecule has 0 amide bonds. The zero-order valence-corrected chi connectivity index (χ0v) is 11.8. The highest BCUT2D eigenvalue weighted by Crippen LogP contribution is 2.41. The number of hydrogen-bond acceptors (Lipinski definition) is 1. The summed E-state index contributed by atoms with van der Waals surface area (Å²) in [7, 11) is 0. The highest BCUT2D eigenvalue weighted by Gasteiger charge is 2.37. The molecule has 0 saturated carbocycles. The third-order valence-corrected chi connectivity index (χ3v) is 3.86. The number of halogens is 6. The second kappa shape index (κ2) is 5.31. The van der Waals surface area contributed by atoms with Gasteiger partial charge in [-0.25, -0.2) is 0 Å². The van der Waals surface area contributed by atoms with Crippen LogP contribution in [-0.4, -0.2) is 4.98 Å². The van der Waals surface area contributed by atoms with Gasteiger partial charge >= 0.3 is 6.18 Å². The Morgan fingerprint density at radius 2 is 1.60 bits per heavy atom. The van der Waals surface area contributed by atoms with E-state index in [1.807, 2.05) is 4.98 Å². The molecule has 1 heterocycles. The summed E-state index contributed by atoms with van der Waals surface area (Å²) in [6, 6.07) is 3.70. The van der Waals surface area contributed by atoms with Crippen molar-refractivity contribution in [3.05, 3.63) is 55.4 Å². The fourth-order valence-electron chi connectivity index (χ4n) is 1.72. The largest absolute Gasteiger partial charge is 0.422 e. The number of aromatic amines is 1. The van der Waals surface area contributed by atoms with Gasteiger partial charge in [0.05, 0.1) is 15.1 Å². The van der Waals surface area contributed by atoms with E-state index in [-0.39, 0.29) is 26.2 Å². The number of pyridine rings is 1. The van der Waals surface area contributed by atoms with Gasteiger partial charge in [-0.15, -0.1) is 0 Å². The third kappa shape index (κ3) is 2.66. The van der Waals surface area contributed by atoms with Crippen molar-refractivity contribution in [1.82, 2.24) is 4.98 Å². The van der Waals surface area contributed by atoms with Crippen LogP contribution in [0.5, 0.6) is 0 Å². The minimum atomic E-state index is -4.82. The van der Waals surface area contributed by atoms with Crippen molar-refractivity contribution >= 4 is 34.8 Å². The Morgan fingerprint density at radius 1 is 0.950 bits per heavy atom. The highest BCUT2D eigenvalue weighted by atomic mass is 35.5. The fourth-order valence-corrected chi connectivity index (χ4v) is 2.36. The van der Waals surface area contributed by atoms with Crippen molar-refractivity contribution in [3.8, 4) is 11.1 Å². The van der Waals surface area contributed by atoms with Crippen molar-refractivity contribution in [2.24, 2.45) is 0 Å². The van der Waals surface area contributed by atoms with E-state index < -0.39 is 17.3 Å². The molecule has 106 valence electrons. The van der Waals surface area contributed by atoms with Crippen LogP contribution in [0.15, 0.2) is 29.2 Å². The highest BCUT2D eigenvalue weighted by molar-refractivity contribution is 6.49. The Labute approximate surface area is 126 Å². The van der Waals surface area contributed by atoms with Crippen LogP contribution in [0, 0.1) is 0 Å². The molecule has 0 radical (unpaired) electrons. The van der Waals surface area contributed by atoms with Crippen LogP contribution in [-0.2, 0) is 6.18 Å². The smallest absolute Gasteiger partial charge is 0.329 e. The first-order valence-corrected chi connectivity index (χ1v) is 6.29. The first-order chi connectivity index (χ1) is 9.23. The van der Waals surface area contributed by atoms with Gasteiger partial charge in [0.25, 0.3) is 5.56 Å². The van der Waals surface area contributed by atoms with Crippen molar-refractivity contribution in [3.63, 3.8) is 0 Å². The van der Waals surface area contributed by atoms with Crippen LogP contribution >= 0.6 is 34.8 Å². The molecule has 0 aliphatic heterocycles. The van der Waals surface area contributed by atoms with Crippen molar-refractivity contribution in [2.75, 3.05) is 0 Å². The van der Waals surface area contributed by atoms with E-state index in [1.165, 1.54) is 12.1 Å². The Hall–Kier alpha value is -1.17. The number of aromatic nitrogens is 1. The quantitative estimate of drug-likeness (QED) is 0.725. The number of H-pyrrole nitrogens is 1. The van der Waals surface area contributed by atoms with Crippen LogP contribution in [0.2, 0.25) is 15.1 Å². The van der Waals surface area contributed by atoms with Crippen LogP contribution < -0.4 is 5.56 Å². The van der Waals surface area contributed by atoms with E-state index in [9.17, 15) is 18.0 Å². The second-order valence-corrected chi connectivity index (χ2v) is 4.98. The predicted molar refractivity (Wildman–Crippen MR) is 72.5 cm³/mol. The molecule has 0 bridgehead atoms. The summed E-state index contributed by atoms with van der Waals surface area (Å²) in [5.74, 6) is 0. The molecule has 8 heteroatoms. The van der Waals surface area contributed by atoms with Gasteiger partial charge < -0.3 is 4.98 Å². The summed E-state index contributed by atoms with van der Waals surface area (Å²) in [6.45, 7) is 0. The topological polar surface area (TPSA) is 32.9 Å². The maximum Gasteiger partial charge on any atom is 0.422 e. The molecule has 1 N–H and O–H groups in total. The number of benzene rings is 1. The lowest BCUT2D eigenvalue weighted by atomic mass is 10.0. The average molecular weight is 343 g/mol. The molecule has 2 aromatic rings. The molecule has 0 unspecified atom stereocenters. The Bertz CT molecular complexity index is 725. The Morgan fingerprint density at radius 3 is 2.20 bits per heavy atom. The van der Waals surface area contributed by atoms with Gasteiger partial charge in [0.2, 0.25) is 0 Å². The lowest BCUT2D eigenvalue weighted by Crippen LogP contribution is -2.22. The van der Waals surface area contributed by atoms with Gasteiger partial charge in [-0.2, -0.15) is 13.2 Å². The number of rotatable bonds is 1. The lowest BCUT2D eigenvalue weighted by molar-refractivity contribution is -0.138. The minimum absolute atomic E-state index is 0.0144. The maximum atomic E-state index is 13.0. The van der Waals surface area contributed by atoms with Crippen LogP contribution in [0.4, 0.5) is 13.2 Å². The Kier molecular flexibility index (Phi) is 4.04. The molecular weight excluding hydrogens is 337 g/mol. The fraction of sp³-hybridized carbons (Fsp3) is 0.0833. The molecule has 0 atom stereocenters. The molecule has 0 fully saturated rings. The molecule has 1 aromatic heterocycles. The maximum absolute atomic E-state index is 13.0. The van der Waals surface area contributed by atoms with Gasteiger partial charge in [-0.1, -0.05) is 40.9 Å².